The second-order valence-corrected chi connectivity index (χ2v) is 7.94. The third kappa shape index (κ3) is 2.77. The smallest absolute Gasteiger partial charge is 0.243 e. The SMILES string of the molecule is CCc1nccn1C1CCCN(S(=O)(=O)c2ccsc2)C1. The van der Waals surface area contributed by atoms with Crippen LogP contribution in [0.25, 0.3) is 0 Å². The minimum Gasteiger partial charge on any atom is -0.331 e. The van der Waals surface area contributed by atoms with Crippen LogP contribution in [0.4, 0.5) is 0 Å². The van der Waals surface area contributed by atoms with Crippen LogP contribution >= 0.6 is 11.3 Å². The molecule has 5 nitrogen and oxygen atoms in total. The van der Waals surface area contributed by atoms with Crippen LogP contribution in [-0.4, -0.2) is 35.4 Å². The van der Waals surface area contributed by atoms with Gasteiger partial charge in [0, 0.05) is 43.3 Å². The molecular weight excluding hydrogens is 306 g/mol. The molecule has 2 aromatic heterocycles. The summed E-state index contributed by atoms with van der Waals surface area (Å²) in [5.41, 5.74) is 0. The van der Waals surface area contributed by atoms with Crippen LogP contribution in [0.5, 0.6) is 0 Å². The maximum Gasteiger partial charge on any atom is 0.243 e. The number of thiophene rings is 1. The molecule has 3 rings (SSSR count). The standard InChI is InChI=1S/C14H19N3O2S2/c1-2-14-15-6-8-17(14)12-4-3-7-16(10-12)21(18,19)13-5-9-20-11-13/h5-6,8-9,11-12H,2-4,7,10H2,1H3. The number of imidazole rings is 1. The van der Waals surface area contributed by atoms with Gasteiger partial charge in [0.2, 0.25) is 10.0 Å². The van der Waals surface area contributed by atoms with Gasteiger partial charge in [0.25, 0.3) is 0 Å². The van der Waals surface area contributed by atoms with E-state index in [-0.39, 0.29) is 6.04 Å². The Hall–Kier alpha value is -1.18. The van der Waals surface area contributed by atoms with Crippen molar-refractivity contribution in [2.75, 3.05) is 13.1 Å². The van der Waals surface area contributed by atoms with E-state index >= 15 is 0 Å². The van der Waals surface area contributed by atoms with Crippen LogP contribution in [0.15, 0.2) is 34.1 Å². The fourth-order valence-corrected chi connectivity index (χ4v) is 5.40. The molecule has 114 valence electrons. The first kappa shape index (κ1) is 14.7. The molecule has 3 heterocycles. The average Bonchev–Trinajstić information content (AvgIpc) is 3.18. The van der Waals surface area contributed by atoms with Crippen molar-refractivity contribution in [3.05, 3.63) is 35.0 Å². The summed E-state index contributed by atoms with van der Waals surface area (Å²) in [6.07, 6.45) is 6.50. The molecule has 2 aromatic rings. The molecule has 0 spiro atoms. The molecule has 21 heavy (non-hydrogen) atoms. The largest absolute Gasteiger partial charge is 0.331 e. The van der Waals surface area contributed by atoms with Gasteiger partial charge in [0.15, 0.2) is 0 Å². The Morgan fingerprint density at radius 3 is 3.05 bits per heavy atom. The maximum absolute atomic E-state index is 12.6. The van der Waals surface area contributed by atoms with Crippen molar-refractivity contribution in [2.45, 2.75) is 37.1 Å². The molecule has 1 aliphatic heterocycles. The fraction of sp³-hybridized carbons (Fsp3) is 0.500. The summed E-state index contributed by atoms with van der Waals surface area (Å²) in [5, 5.41) is 3.51. The van der Waals surface area contributed by atoms with Crippen LogP contribution in [0.3, 0.4) is 0 Å². The third-order valence-electron chi connectivity index (χ3n) is 3.95. The Labute approximate surface area is 129 Å². The lowest BCUT2D eigenvalue weighted by molar-refractivity contribution is 0.263. The van der Waals surface area contributed by atoms with Crippen LogP contribution in [-0.2, 0) is 16.4 Å². The molecule has 0 aliphatic carbocycles. The highest BCUT2D eigenvalue weighted by Crippen LogP contribution is 2.28. The van der Waals surface area contributed by atoms with E-state index in [2.05, 4.69) is 16.5 Å². The number of nitrogens with zero attached hydrogens (tertiary/aromatic N) is 3. The van der Waals surface area contributed by atoms with E-state index < -0.39 is 10.0 Å². The van der Waals surface area contributed by atoms with Gasteiger partial charge in [0.1, 0.15) is 5.82 Å². The van der Waals surface area contributed by atoms with Gasteiger partial charge in [-0.15, -0.1) is 0 Å². The molecule has 0 amide bonds. The normalized spacial score (nSPS) is 20.7. The second-order valence-electron chi connectivity index (χ2n) is 5.22. The minimum absolute atomic E-state index is 0.185. The Morgan fingerprint density at radius 1 is 1.48 bits per heavy atom. The Morgan fingerprint density at radius 2 is 2.33 bits per heavy atom. The van der Waals surface area contributed by atoms with Gasteiger partial charge >= 0.3 is 0 Å². The van der Waals surface area contributed by atoms with E-state index in [0.29, 0.717) is 18.0 Å². The average molecular weight is 325 g/mol. The van der Waals surface area contributed by atoms with Crippen molar-refractivity contribution in [2.24, 2.45) is 0 Å². The van der Waals surface area contributed by atoms with Crippen LogP contribution in [0.1, 0.15) is 31.6 Å². The highest BCUT2D eigenvalue weighted by atomic mass is 32.2. The highest BCUT2D eigenvalue weighted by Gasteiger charge is 2.31. The van der Waals surface area contributed by atoms with E-state index in [1.54, 1.807) is 27.3 Å². The van der Waals surface area contributed by atoms with E-state index in [9.17, 15) is 8.42 Å². The summed E-state index contributed by atoms with van der Waals surface area (Å²) in [6.45, 7) is 3.20. The topological polar surface area (TPSA) is 55.2 Å². The Balaban J connectivity index is 1.84. The lowest BCUT2D eigenvalue weighted by Crippen LogP contribution is -2.40. The number of rotatable bonds is 4. The predicted molar refractivity (Wildman–Crippen MR) is 83.0 cm³/mol. The van der Waals surface area contributed by atoms with Gasteiger partial charge in [-0.25, -0.2) is 13.4 Å². The van der Waals surface area contributed by atoms with E-state index in [0.717, 1.165) is 25.1 Å². The van der Waals surface area contributed by atoms with Crippen LogP contribution in [0.2, 0.25) is 0 Å². The first-order valence-electron chi connectivity index (χ1n) is 7.17. The number of aryl methyl sites for hydroxylation is 1. The first-order valence-corrected chi connectivity index (χ1v) is 9.55. The molecule has 0 bridgehead atoms. The number of piperidine rings is 1. The first-order chi connectivity index (χ1) is 10.1. The minimum atomic E-state index is -3.35. The molecule has 1 atom stereocenters. The van der Waals surface area contributed by atoms with E-state index in [1.165, 1.54) is 11.3 Å². The molecular formula is C14H19N3O2S2. The lowest BCUT2D eigenvalue weighted by atomic mass is 10.1. The fourth-order valence-electron chi connectivity index (χ4n) is 2.86. The molecule has 0 radical (unpaired) electrons. The van der Waals surface area contributed by atoms with Crippen molar-refractivity contribution in [1.82, 2.24) is 13.9 Å². The highest BCUT2D eigenvalue weighted by molar-refractivity contribution is 7.89. The molecule has 7 heteroatoms. The molecule has 1 aliphatic rings. The summed E-state index contributed by atoms with van der Waals surface area (Å²) >= 11 is 1.41. The van der Waals surface area contributed by atoms with Crippen molar-refractivity contribution in [3.8, 4) is 0 Å². The number of hydrogen-bond donors (Lipinski definition) is 0. The molecule has 0 aromatic carbocycles. The van der Waals surface area contributed by atoms with Gasteiger partial charge in [-0.05, 0) is 24.3 Å². The Bertz CT molecular complexity index is 692. The van der Waals surface area contributed by atoms with Crippen LogP contribution in [0, 0.1) is 0 Å². The molecule has 1 fully saturated rings. The van der Waals surface area contributed by atoms with Gasteiger partial charge in [-0.3, -0.25) is 0 Å². The molecule has 1 saturated heterocycles. The molecule has 0 N–H and O–H groups in total. The van der Waals surface area contributed by atoms with E-state index in [1.807, 2.05) is 6.20 Å². The maximum atomic E-state index is 12.6. The van der Waals surface area contributed by atoms with Crippen molar-refractivity contribution in [3.63, 3.8) is 0 Å². The number of aromatic nitrogens is 2. The zero-order valence-electron chi connectivity index (χ0n) is 12.0. The summed E-state index contributed by atoms with van der Waals surface area (Å²) < 4.78 is 29.0. The van der Waals surface area contributed by atoms with Crippen LogP contribution < -0.4 is 0 Å². The Kier molecular flexibility index (Phi) is 4.14. The van der Waals surface area contributed by atoms with E-state index in [4.69, 9.17) is 0 Å². The second kappa shape index (κ2) is 5.90. The van der Waals surface area contributed by atoms with Gasteiger partial charge in [0.05, 0.1) is 4.90 Å². The predicted octanol–water partition coefficient (Wildman–Crippen LogP) is 2.53. The number of sulfonamides is 1. The molecule has 1 unspecified atom stereocenters. The van der Waals surface area contributed by atoms with Gasteiger partial charge < -0.3 is 4.57 Å². The summed E-state index contributed by atoms with van der Waals surface area (Å²) in [6, 6.07) is 1.86. The number of hydrogen-bond acceptors (Lipinski definition) is 4. The van der Waals surface area contributed by atoms with Crippen molar-refractivity contribution >= 4 is 21.4 Å². The summed E-state index contributed by atoms with van der Waals surface area (Å²) in [5.74, 6) is 1.02. The monoisotopic (exact) mass is 325 g/mol. The van der Waals surface area contributed by atoms with Gasteiger partial charge in [-0.2, -0.15) is 15.6 Å². The van der Waals surface area contributed by atoms with Crippen molar-refractivity contribution in [1.29, 1.82) is 0 Å². The quantitative estimate of drug-likeness (QED) is 0.868. The zero-order chi connectivity index (χ0) is 14.9. The van der Waals surface area contributed by atoms with Gasteiger partial charge in [-0.1, -0.05) is 6.92 Å². The lowest BCUT2D eigenvalue weighted by Gasteiger charge is -2.33. The molecule has 0 saturated carbocycles. The van der Waals surface area contributed by atoms with Crippen molar-refractivity contribution < 1.29 is 8.42 Å². The summed E-state index contributed by atoms with van der Waals surface area (Å²) in [7, 11) is -3.35. The third-order valence-corrected chi connectivity index (χ3v) is 6.64. The zero-order valence-corrected chi connectivity index (χ0v) is 13.6. The summed E-state index contributed by atoms with van der Waals surface area (Å²) in [4.78, 5) is 4.76.